The quantitative estimate of drug-likeness (QED) is 0.476. The molecule has 1 fully saturated rings. The van der Waals surface area contributed by atoms with Crippen LogP contribution < -0.4 is 5.32 Å². The highest BCUT2D eigenvalue weighted by Gasteiger charge is 2.28. The van der Waals surface area contributed by atoms with E-state index < -0.39 is 18.5 Å². The molecule has 1 aliphatic heterocycles. The van der Waals surface area contributed by atoms with Crippen LogP contribution in [-0.2, 0) is 25.7 Å². The highest BCUT2D eigenvalue weighted by molar-refractivity contribution is 6.02. The van der Waals surface area contributed by atoms with Crippen LogP contribution in [0, 0.1) is 0 Å². The smallest absolute Gasteiger partial charge is 0.338 e. The molecule has 0 unspecified atom stereocenters. The highest BCUT2D eigenvalue weighted by atomic mass is 16.5. The van der Waals surface area contributed by atoms with Gasteiger partial charge in [-0.15, -0.1) is 0 Å². The summed E-state index contributed by atoms with van der Waals surface area (Å²) < 4.78 is 5.20. The molecule has 0 aliphatic carbocycles. The van der Waals surface area contributed by atoms with Gasteiger partial charge in [-0.3, -0.25) is 19.3 Å². The van der Waals surface area contributed by atoms with E-state index in [1.165, 1.54) is 4.90 Å². The van der Waals surface area contributed by atoms with Gasteiger partial charge in [-0.2, -0.15) is 0 Å². The summed E-state index contributed by atoms with van der Waals surface area (Å²) in [5, 5.41) is 2.92. The Labute approximate surface area is 194 Å². The van der Waals surface area contributed by atoms with Crippen LogP contribution >= 0.6 is 0 Å². The Morgan fingerprint density at radius 2 is 1.45 bits per heavy atom. The first-order valence-electron chi connectivity index (χ1n) is 11.2. The molecular weight excluding hydrogens is 420 g/mol. The van der Waals surface area contributed by atoms with Gasteiger partial charge in [0.2, 0.25) is 11.8 Å². The zero-order valence-corrected chi connectivity index (χ0v) is 19.5. The van der Waals surface area contributed by atoms with Gasteiger partial charge < -0.3 is 10.1 Å². The van der Waals surface area contributed by atoms with E-state index in [2.05, 4.69) is 33.0 Å². The number of carbonyl (C=O) groups excluding carboxylic acids is 4. The Morgan fingerprint density at radius 1 is 0.909 bits per heavy atom. The van der Waals surface area contributed by atoms with Crippen LogP contribution in [0.25, 0.3) is 0 Å². The van der Waals surface area contributed by atoms with Gasteiger partial charge in [0, 0.05) is 18.5 Å². The van der Waals surface area contributed by atoms with E-state index in [0.717, 1.165) is 22.4 Å². The van der Waals surface area contributed by atoms with Crippen molar-refractivity contribution in [3.8, 4) is 0 Å². The van der Waals surface area contributed by atoms with Crippen molar-refractivity contribution in [2.45, 2.75) is 58.9 Å². The number of likely N-dealkylation sites (tertiary alicyclic amines) is 1. The van der Waals surface area contributed by atoms with Crippen LogP contribution in [0.3, 0.4) is 0 Å². The number of hydrogen-bond donors (Lipinski definition) is 1. The minimum absolute atomic E-state index is 0.183. The number of nitrogens with one attached hydrogen (secondary N) is 1. The maximum absolute atomic E-state index is 12.5. The van der Waals surface area contributed by atoms with Crippen LogP contribution in [-0.4, -0.2) is 35.2 Å². The Balaban J connectivity index is 1.59. The average molecular weight is 451 g/mol. The lowest BCUT2D eigenvalue weighted by Gasteiger charge is -2.20. The molecule has 0 bridgehead atoms. The first kappa shape index (κ1) is 24.2. The molecule has 0 saturated carbocycles. The van der Waals surface area contributed by atoms with Gasteiger partial charge in [0.25, 0.3) is 5.91 Å². The summed E-state index contributed by atoms with van der Waals surface area (Å²) in [5.41, 5.74) is 3.87. The summed E-state index contributed by atoms with van der Waals surface area (Å²) in [7, 11) is 0. The summed E-state index contributed by atoms with van der Waals surface area (Å²) in [6.45, 7) is 8.04. The molecule has 174 valence electrons. The summed E-state index contributed by atoms with van der Waals surface area (Å²) in [6.07, 6.45) is 0.483. The molecule has 1 N–H and O–H groups in total. The summed E-state index contributed by atoms with van der Waals surface area (Å²) in [5.74, 6) is -0.937. The molecule has 1 saturated heterocycles. The molecule has 2 aromatic rings. The molecule has 7 nitrogen and oxygen atoms in total. The zero-order chi connectivity index (χ0) is 24.1. The number of rotatable bonds is 8. The second-order valence-electron chi connectivity index (χ2n) is 8.82. The van der Waals surface area contributed by atoms with Crippen molar-refractivity contribution < 1.29 is 23.9 Å². The topological polar surface area (TPSA) is 92.8 Å². The molecule has 0 atom stereocenters. The van der Waals surface area contributed by atoms with Gasteiger partial charge in [-0.25, -0.2) is 4.79 Å². The van der Waals surface area contributed by atoms with E-state index in [9.17, 15) is 19.2 Å². The Hall–Kier alpha value is -3.48. The minimum atomic E-state index is -0.619. The van der Waals surface area contributed by atoms with Gasteiger partial charge in [-0.05, 0) is 40.7 Å². The van der Waals surface area contributed by atoms with Crippen LogP contribution in [0.15, 0.2) is 42.5 Å². The fourth-order valence-corrected chi connectivity index (χ4v) is 3.81. The molecule has 0 spiro atoms. The van der Waals surface area contributed by atoms with Gasteiger partial charge in [-0.1, -0.05) is 58.0 Å². The van der Waals surface area contributed by atoms with Crippen molar-refractivity contribution in [3.05, 3.63) is 64.7 Å². The summed E-state index contributed by atoms with van der Waals surface area (Å²) in [4.78, 5) is 49.7. The maximum atomic E-state index is 12.5. The molecule has 1 heterocycles. The predicted octanol–water partition coefficient (Wildman–Crippen LogP) is 4.38. The largest absolute Gasteiger partial charge is 0.452 e. The van der Waals surface area contributed by atoms with Gasteiger partial charge >= 0.3 is 5.97 Å². The second-order valence-corrected chi connectivity index (χ2v) is 8.82. The second kappa shape index (κ2) is 10.4. The molecule has 0 radical (unpaired) electrons. The molecule has 2 aromatic carbocycles. The number of imide groups is 1. The first-order chi connectivity index (χ1) is 15.7. The number of hydrogen-bond acceptors (Lipinski definition) is 5. The third-order valence-electron chi connectivity index (χ3n) is 5.66. The zero-order valence-electron chi connectivity index (χ0n) is 19.5. The number of ether oxygens (including phenoxy) is 1. The van der Waals surface area contributed by atoms with Crippen molar-refractivity contribution >= 4 is 29.4 Å². The van der Waals surface area contributed by atoms with E-state index in [0.29, 0.717) is 0 Å². The molecule has 33 heavy (non-hydrogen) atoms. The summed E-state index contributed by atoms with van der Waals surface area (Å²) >= 11 is 0. The van der Waals surface area contributed by atoms with E-state index in [1.807, 2.05) is 18.2 Å². The van der Waals surface area contributed by atoms with Crippen molar-refractivity contribution in [2.24, 2.45) is 0 Å². The summed E-state index contributed by atoms with van der Waals surface area (Å²) in [6, 6.07) is 12.4. The number of anilines is 1. The van der Waals surface area contributed by atoms with Gasteiger partial charge in [0.15, 0.2) is 6.61 Å². The van der Waals surface area contributed by atoms with Gasteiger partial charge in [0.1, 0.15) is 0 Å². The van der Waals surface area contributed by atoms with Crippen LogP contribution in [0.5, 0.6) is 0 Å². The van der Waals surface area contributed by atoms with E-state index in [-0.39, 0.29) is 48.6 Å². The lowest BCUT2D eigenvalue weighted by molar-refractivity contribution is -0.139. The normalized spacial score (nSPS) is 13.7. The average Bonchev–Trinajstić information content (AvgIpc) is 3.09. The number of amides is 3. The number of esters is 1. The van der Waals surface area contributed by atoms with Crippen molar-refractivity contribution in [3.63, 3.8) is 0 Å². The van der Waals surface area contributed by atoms with Crippen LogP contribution in [0.2, 0.25) is 0 Å². The van der Waals surface area contributed by atoms with E-state index in [1.54, 1.807) is 24.3 Å². The molecular formula is C26H30N2O5. The first-order valence-corrected chi connectivity index (χ1v) is 11.2. The van der Waals surface area contributed by atoms with Crippen LogP contribution in [0.1, 0.15) is 79.4 Å². The standard InChI is InChI=1S/C26H30N2O5/c1-16(2)20-6-5-7-21(17(3)4)25(20)27-22(29)15-33-26(32)19-10-8-18(9-11-19)14-28-23(30)12-13-24(28)31/h5-11,16-17H,12-15H2,1-4H3,(H,27,29). The molecule has 0 aromatic heterocycles. The Morgan fingerprint density at radius 3 is 1.97 bits per heavy atom. The Kier molecular flexibility index (Phi) is 7.63. The number of benzene rings is 2. The Bertz CT molecular complexity index is 1010. The monoisotopic (exact) mass is 450 g/mol. The van der Waals surface area contributed by atoms with Crippen molar-refractivity contribution in [1.82, 2.24) is 4.90 Å². The number of carbonyl (C=O) groups is 4. The van der Waals surface area contributed by atoms with E-state index >= 15 is 0 Å². The lowest BCUT2D eigenvalue weighted by Crippen LogP contribution is -2.28. The molecule has 1 aliphatic rings. The molecule has 3 amide bonds. The van der Waals surface area contributed by atoms with Crippen molar-refractivity contribution in [2.75, 3.05) is 11.9 Å². The third-order valence-corrected chi connectivity index (χ3v) is 5.66. The van der Waals surface area contributed by atoms with Crippen molar-refractivity contribution in [1.29, 1.82) is 0 Å². The molecule has 7 heteroatoms. The van der Waals surface area contributed by atoms with Gasteiger partial charge in [0.05, 0.1) is 12.1 Å². The minimum Gasteiger partial charge on any atom is -0.452 e. The third kappa shape index (κ3) is 5.86. The van der Waals surface area contributed by atoms with Crippen LogP contribution in [0.4, 0.5) is 5.69 Å². The lowest BCUT2D eigenvalue weighted by atomic mass is 9.92. The fourth-order valence-electron chi connectivity index (χ4n) is 3.81. The number of nitrogens with zero attached hydrogens (tertiary/aromatic N) is 1. The van der Waals surface area contributed by atoms with E-state index in [4.69, 9.17) is 4.74 Å². The maximum Gasteiger partial charge on any atom is 0.338 e. The molecule has 3 rings (SSSR count). The highest BCUT2D eigenvalue weighted by Crippen LogP contribution is 2.32. The number of para-hydroxylation sites is 1. The SMILES string of the molecule is CC(C)c1cccc(C(C)C)c1NC(=O)COC(=O)c1ccc(CN2C(=O)CCC2=O)cc1. The fraction of sp³-hybridized carbons (Fsp3) is 0.385. The predicted molar refractivity (Wildman–Crippen MR) is 125 cm³/mol.